The molecule has 164 valence electrons. The van der Waals surface area contributed by atoms with Gasteiger partial charge in [0.05, 0.1) is 6.54 Å². The van der Waals surface area contributed by atoms with Gasteiger partial charge in [-0.3, -0.25) is 9.69 Å². The molecule has 1 aliphatic heterocycles. The van der Waals surface area contributed by atoms with Crippen molar-refractivity contribution in [1.82, 2.24) is 14.8 Å². The minimum Gasteiger partial charge on any atom is -0.424 e. The number of carbonyl (C=O) groups is 1. The quantitative estimate of drug-likeness (QED) is 0.574. The van der Waals surface area contributed by atoms with Crippen molar-refractivity contribution in [2.45, 2.75) is 20.0 Å². The van der Waals surface area contributed by atoms with Gasteiger partial charge in [-0.25, -0.2) is 4.98 Å². The summed E-state index contributed by atoms with van der Waals surface area (Å²) in [4.78, 5) is 23.3. The van der Waals surface area contributed by atoms with Crippen LogP contribution in [0.3, 0.4) is 0 Å². The Labute approximate surface area is 188 Å². The third-order valence-corrected chi connectivity index (χ3v) is 5.60. The number of aromatic nitrogens is 1. The molecule has 32 heavy (non-hydrogen) atoms. The number of hydrogen-bond donors (Lipinski definition) is 0. The highest BCUT2D eigenvalue weighted by molar-refractivity contribution is 5.78. The molecular weight excluding hydrogens is 402 g/mol. The fraction of sp³-hybridized carbons (Fsp3) is 0.320. The Bertz CT molecular complexity index is 1030. The van der Waals surface area contributed by atoms with Crippen molar-refractivity contribution in [2.75, 3.05) is 37.6 Å². The number of oxazole rings is 1. The number of amides is 1. The first-order chi connectivity index (χ1) is 15.6. The number of rotatable bonds is 7. The molecule has 1 saturated heterocycles. The summed E-state index contributed by atoms with van der Waals surface area (Å²) >= 11 is 0. The van der Waals surface area contributed by atoms with Crippen LogP contribution in [0.25, 0.3) is 0 Å². The van der Waals surface area contributed by atoms with Crippen LogP contribution in [0, 0.1) is 18.3 Å². The molecule has 7 heteroatoms. The van der Waals surface area contributed by atoms with Gasteiger partial charge in [-0.05, 0) is 11.1 Å². The van der Waals surface area contributed by atoms with Crippen molar-refractivity contribution in [3.05, 3.63) is 83.4 Å². The van der Waals surface area contributed by atoms with Gasteiger partial charge in [0, 0.05) is 46.2 Å². The molecule has 1 aromatic heterocycles. The zero-order valence-electron chi connectivity index (χ0n) is 18.3. The fourth-order valence-electron chi connectivity index (χ4n) is 4.00. The Hall–Kier alpha value is -3.63. The van der Waals surface area contributed by atoms with Crippen LogP contribution in [0.15, 0.2) is 65.1 Å². The smallest absolute Gasteiger partial charge is 0.236 e. The lowest BCUT2D eigenvalue weighted by Crippen LogP contribution is -2.51. The van der Waals surface area contributed by atoms with Gasteiger partial charge < -0.3 is 14.2 Å². The molecule has 0 radical (unpaired) electrons. The van der Waals surface area contributed by atoms with Crippen LogP contribution in [0.4, 0.5) is 5.88 Å². The van der Waals surface area contributed by atoms with Crippen molar-refractivity contribution < 1.29 is 9.21 Å². The second-order valence-corrected chi connectivity index (χ2v) is 7.98. The topological polar surface area (TPSA) is 76.6 Å². The van der Waals surface area contributed by atoms with E-state index < -0.39 is 0 Å². The molecule has 3 aromatic rings. The Balaban J connectivity index is 1.39. The number of nitriles is 1. The molecule has 0 bridgehead atoms. The summed E-state index contributed by atoms with van der Waals surface area (Å²) in [5.74, 6) is 1.10. The molecule has 0 N–H and O–H groups in total. The number of piperazine rings is 1. The normalized spacial score (nSPS) is 13.9. The average molecular weight is 430 g/mol. The van der Waals surface area contributed by atoms with E-state index in [0.717, 1.165) is 0 Å². The van der Waals surface area contributed by atoms with Gasteiger partial charge in [0.15, 0.2) is 5.89 Å². The maximum absolute atomic E-state index is 13.1. The SMILES string of the molecule is Cc1nc(C#N)c(N2CCN(C(=O)CN(Cc3ccccc3)Cc3ccccc3)CC2)o1. The largest absolute Gasteiger partial charge is 0.424 e. The highest BCUT2D eigenvalue weighted by Crippen LogP contribution is 2.22. The number of nitrogens with zero attached hydrogens (tertiary/aromatic N) is 5. The fourth-order valence-corrected chi connectivity index (χ4v) is 4.00. The molecule has 2 aromatic carbocycles. The van der Waals surface area contributed by atoms with Crippen molar-refractivity contribution in [3.63, 3.8) is 0 Å². The summed E-state index contributed by atoms with van der Waals surface area (Å²) in [5.41, 5.74) is 2.68. The molecule has 1 aliphatic rings. The van der Waals surface area contributed by atoms with E-state index in [-0.39, 0.29) is 5.91 Å². The summed E-state index contributed by atoms with van der Waals surface area (Å²) in [6.07, 6.45) is 0. The summed E-state index contributed by atoms with van der Waals surface area (Å²) in [6.45, 7) is 5.93. The zero-order chi connectivity index (χ0) is 22.3. The summed E-state index contributed by atoms with van der Waals surface area (Å²) < 4.78 is 5.62. The van der Waals surface area contributed by atoms with Crippen LogP contribution < -0.4 is 4.90 Å². The van der Waals surface area contributed by atoms with E-state index in [1.807, 2.05) is 46.2 Å². The lowest BCUT2D eigenvalue weighted by molar-refractivity contribution is -0.133. The molecule has 0 aliphatic carbocycles. The second kappa shape index (κ2) is 10.1. The van der Waals surface area contributed by atoms with E-state index in [2.05, 4.69) is 40.2 Å². The van der Waals surface area contributed by atoms with Gasteiger partial charge in [-0.1, -0.05) is 60.7 Å². The standard InChI is InChI=1S/C25H27N5O2/c1-20-27-23(16-26)25(32-20)30-14-12-29(13-15-30)24(31)19-28(17-21-8-4-2-5-9-21)18-22-10-6-3-7-11-22/h2-11H,12-15,17-19H2,1H3. The molecule has 0 unspecified atom stereocenters. The highest BCUT2D eigenvalue weighted by Gasteiger charge is 2.26. The van der Waals surface area contributed by atoms with Crippen molar-refractivity contribution in [1.29, 1.82) is 5.26 Å². The Morgan fingerprint density at radius 2 is 1.56 bits per heavy atom. The van der Waals surface area contributed by atoms with Crippen molar-refractivity contribution in [2.24, 2.45) is 0 Å². The number of hydrogen-bond acceptors (Lipinski definition) is 6. The van der Waals surface area contributed by atoms with Crippen LogP contribution in [-0.2, 0) is 17.9 Å². The van der Waals surface area contributed by atoms with Crippen LogP contribution >= 0.6 is 0 Å². The minimum atomic E-state index is 0.116. The summed E-state index contributed by atoms with van der Waals surface area (Å²) in [5, 5.41) is 9.27. The highest BCUT2D eigenvalue weighted by atomic mass is 16.4. The molecular formula is C25H27N5O2. The zero-order valence-corrected chi connectivity index (χ0v) is 18.3. The van der Waals surface area contributed by atoms with E-state index in [1.165, 1.54) is 11.1 Å². The van der Waals surface area contributed by atoms with E-state index in [1.54, 1.807) is 6.92 Å². The molecule has 2 heterocycles. The van der Waals surface area contributed by atoms with Gasteiger partial charge in [-0.2, -0.15) is 5.26 Å². The molecule has 0 spiro atoms. The van der Waals surface area contributed by atoms with Gasteiger partial charge in [0.1, 0.15) is 6.07 Å². The molecule has 7 nitrogen and oxygen atoms in total. The predicted octanol–water partition coefficient (Wildman–Crippen LogP) is 3.21. The van der Waals surface area contributed by atoms with Gasteiger partial charge in [0.2, 0.25) is 17.5 Å². The molecule has 1 fully saturated rings. The third kappa shape index (κ3) is 5.34. The van der Waals surface area contributed by atoms with E-state index in [9.17, 15) is 10.1 Å². The lowest BCUT2D eigenvalue weighted by Gasteiger charge is -2.35. The third-order valence-electron chi connectivity index (χ3n) is 5.60. The number of benzene rings is 2. The molecule has 1 amide bonds. The maximum Gasteiger partial charge on any atom is 0.236 e. The van der Waals surface area contributed by atoms with E-state index in [4.69, 9.17) is 4.42 Å². The van der Waals surface area contributed by atoms with Crippen molar-refractivity contribution >= 4 is 11.8 Å². The van der Waals surface area contributed by atoms with Crippen molar-refractivity contribution in [3.8, 4) is 6.07 Å². The van der Waals surface area contributed by atoms with Gasteiger partial charge >= 0.3 is 0 Å². The number of aryl methyl sites for hydroxylation is 1. The molecule has 4 rings (SSSR count). The molecule has 0 saturated carbocycles. The summed E-state index contributed by atoms with van der Waals surface area (Å²) in [6, 6.07) is 22.6. The summed E-state index contributed by atoms with van der Waals surface area (Å²) in [7, 11) is 0. The Morgan fingerprint density at radius 3 is 2.09 bits per heavy atom. The monoisotopic (exact) mass is 429 g/mol. The lowest BCUT2D eigenvalue weighted by atomic mass is 10.1. The van der Waals surface area contributed by atoms with E-state index >= 15 is 0 Å². The van der Waals surface area contributed by atoms with E-state index in [0.29, 0.717) is 63.3 Å². The average Bonchev–Trinajstić information content (AvgIpc) is 3.21. The Kier molecular flexibility index (Phi) is 6.83. The first-order valence-electron chi connectivity index (χ1n) is 10.8. The Morgan fingerprint density at radius 1 is 1.00 bits per heavy atom. The predicted molar refractivity (Wildman–Crippen MR) is 122 cm³/mol. The van der Waals surface area contributed by atoms with Crippen LogP contribution in [0.2, 0.25) is 0 Å². The number of carbonyl (C=O) groups excluding carboxylic acids is 1. The van der Waals surface area contributed by atoms with Crippen LogP contribution in [-0.4, -0.2) is 53.4 Å². The van der Waals surface area contributed by atoms with Gasteiger partial charge in [-0.15, -0.1) is 0 Å². The second-order valence-electron chi connectivity index (χ2n) is 7.98. The van der Waals surface area contributed by atoms with Crippen LogP contribution in [0.5, 0.6) is 0 Å². The minimum absolute atomic E-state index is 0.116. The number of anilines is 1. The van der Waals surface area contributed by atoms with Crippen LogP contribution in [0.1, 0.15) is 22.7 Å². The maximum atomic E-state index is 13.1. The first-order valence-corrected chi connectivity index (χ1v) is 10.8. The first kappa shape index (κ1) is 21.6. The molecule has 0 atom stereocenters. The van der Waals surface area contributed by atoms with Gasteiger partial charge in [0.25, 0.3) is 0 Å².